The van der Waals surface area contributed by atoms with Crippen LogP contribution in [0.5, 0.6) is 23.0 Å². The average molecular weight is 463 g/mol. The van der Waals surface area contributed by atoms with E-state index in [1.54, 1.807) is 37.4 Å². The van der Waals surface area contributed by atoms with Crippen LogP contribution in [0.25, 0.3) is 11.0 Å². The fourth-order valence-corrected chi connectivity index (χ4v) is 3.40. The molecule has 0 atom stereocenters. The first-order valence-corrected chi connectivity index (χ1v) is 10.5. The molecule has 0 fully saturated rings. The van der Waals surface area contributed by atoms with E-state index in [4.69, 9.17) is 23.0 Å². The van der Waals surface area contributed by atoms with Gasteiger partial charge in [-0.3, -0.25) is 4.79 Å². The van der Waals surface area contributed by atoms with Crippen molar-refractivity contribution in [3.05, 3.63) is 82.1 Å². The lowest BCUT2D eigenvalue weighted by Gasteiger charge is -2.23. The molecule has 4 rings (SSSR count). The molecule has 176 valence electrons. The number of carboxylic acids is 1. The van der Waals surface area contributed by atoms with E-state index in [0.29, 0.717) is 34.0 Å². The Bertz CT molecular complexity index is 1400. The maximum atomic E-state index is 13.0. The lowest BCUT2D eigenvalue weighted by atomic mass is 9.86. The summed E-state index contributed by atoms with van der Waals surface area (Å²) in [5, 5.41) is 11.1. The summed E-state index contributed by atoms with van der Waals surface area (Å²) >= 11 is 0. The van der Waals surface area contributed by atoms with Crippen LogP contribution in [0.4, 0.5) is 0 Å². The Morgan fingerprint density at radius 2 is 1.76 bits per heavy atom. The van der Waals surface area contributed by atoms with Gasteiger partial charge in [0.2, 0.25) is 11.2 Å². The van der Waals surface area contributed by atoms with Crippen molar-refractivity contribution >= 4 is 16.9 Å². The van der Waals surface area contributed by atoms with E-state index in [-0.39, 0.29) is 29.0 Å². The van der Waals surface area contributed by atoms with E-state index in [2.05, 4.69) is 0 Å². The second-order valence-electron chi connectivity index (χ2n) is 8.64. The second kappa shape index (κ2) is 8.97. The number of hydrogen-bond acceptors (Lipinski definition) is 8. The molecule has 2 aromatic carbocycles. The zero-order chi connectivity index (χ0) is 24.5. The highest BCUT2D eigenvalue weighted by Crippen LogP contribution is 2.36. The fourth-order valence-electron chi connectivity index (χ4n) is 3.40. The predicted octanol–water partition coefficient (Wildman–Crippen LogP) is 4.43. The molecule has 4 aromatic rings. The third-order valence-corrected chi connectivity index (χ3v) is 5.17. The van der Waals surface area contributed by atoms with E-state index in [1.807, 2.05) is 26.8 Å². The summed E-state index contributed by atoms with van der Waals surface area (Å²) < 4.78 is 27.7. The SMILES string of the molecule is COc1ccc(Oc2coc3cc(OCc4ccc(C(=O)[O-])o4)ccc3c2=O)c(C(C)(C)C)c1. The summed E-state index contributed by atoms with van der Waals surface area (Å²) in [5.41, 5.74) is 0.626. The molecule has 0 saturated carbocycles. The van der Waals surface area contributed by atoms with Gasteiger partial charge in [-0.05, 0) is 47.9 Å². The largest absolute Gasteiger partial charge is 0.542 e. The van der Waals surface area contributed by atoms with Crippen LogP contribution in [0.1, 0.15) is 42.6 Å². The van der Waals surface area contributed by atoms with Crippen LogP contribution in [0.15, 0.2) is 68.4 Å². The van der Waals surface area contributed by atoms with Crippen molar-refractivity contribution < 1.29 is 32.9 Å². The van der Waals surface area contributed by atoms with E-state index in [9.17, 15) is 14.7 Å². The minimum atomic E-state index is -1.40. The van der Waals surface area contributed by atoms with Crippen molar-refractivity contribution in [2.45, 2.75) is 32.8 Å². The number of fused-ring (bicyclic) bond motifs is 1. The molecule has 0 radical (unpaired) electrons. The molecule has 0 N–H and O–H groups in total. The molecular formula is C26H23O8-. The van der Waals surface area contributed by atoms with Crippen molar-refractivity contribution in [3.63, 3.8) is 0 Å². The molecule has 0 aliphatic carbocycles. The standard InChI is InChI=1S/C26H24O8/c1-26(2,3)19-11-15(30-4)6-9-20(19)34-23-14-32-22-12-16(5-8-18(22)24(23)27)31-13-17-7-10-21(33-17)25(28)29/h5-12,14H,13H2,1-4H3,(H,28,29)/p-1. The molecule has 34 heavy (non-hydrogen) atoms. The summed E-state index contributed by atoms with van der Waals surface area (Å²) in [7, 11) is 1.59. The Morgan fingerprint density at radius 3 is 2.44 bits per heavy atom. The maximum Gasteiger partial charge on any atom is 0.235 e. The molecule has 8 heteroatoms. The third-order valence-electron chi connectivity index (χ3n) is 5.17. The first-order chi connectivity index (χ1) is 16.2. The van der Waals surface area contributed by atoms with Gasteiger partial charge in [0, 0.05) is 11.6 Å². The van der Waals surface area contributed by atoms with Crippen LogP contribution in [-0.4, -0.2) is 13.1 Å². The van der Waals surface area contributed by atoms with Crippen LogP contribution < -0.4 is 24.7 Å². The normalized spacial score (nSPS) is 11.4. The first-order valence-electron chi connectivity index (χ1n) is 10.5. The Labute approximate surface area is 195 Å². The van der Waals surface area contributed by atoms with Crippen LogP contribution >= 0.6 is 0 Å². The summed E-state index contributed by atoms with van der Waals surface area (Å²) in [5.74, 6) is 0.347. The first kappa shape index (κ1) is 23.0. The Hall–Kier alpha value is -4.20. The lowest BCUT2D eigenvalue weighted by Crippen LogP contribution is -2.21. The molecular weight excluding hydrogens is 440 g/mol. The zero-order valence-corrected chi connectivity index (χ0v) is 19.2. The van der Waals surface area contributed by atoms with Crippen molar-refractivity contribution in [1.82, 2.24) is 0 Å². The highest BCUT2D eigenvalue weighted by atomic mass is 16.5. The number of hydrogen-bond donors (Lipinski definition) is 0. The van der Waals surface area contributed by atoms with E-state index in [0.717, 1.165) is 5.56 Å². The molecule has 0 aliphatic rings. The van der Waals surface area contributed by atoms with Crippen molar-refractivity contribution in [3.8, 4) is 23.0 Å². The van der Waals surface area contributed by atoms with E-state index < -0.39 is 5.97 Å². The number of carbonyl (C=O) groups excluding carboxylic acids is 1. The average Bonchev–Trinajstić information content (AvgIpc) is 3.28. The topological polar surface area (TPSA) is 111 Å². The molecule has 0 unspecified atom stereocenters. The van der Waals surface area contributed by atoms with Crippen LogP contribution in [-0.2, 0) is 12.0 Å². The van der Waals surface area contributed by atoms with E-state index in [1.165, 1.54) is 18.4 Å². The number of rotatable bonds is 7. The summed E-state index contributed by atoms with van der Waals surface area (Å²) in [6.07, 6.45) is 1.27. The van der Waals surface area contributed by atoms with Crippen molar-refractivity contribution in [2.75, 3.05) is 7.11 Å². The highest BCUT2D eigenvalue weighted by molar-refractivity contribution is 5.82. The van der Waals surface area contributed by atoms with Gasteiger partial charge in [-0.25, -0.2) is 0 Å². The fraction of sp³-hybridized carbons (Fsp3) is 0.231. The molecule has 0 amide bonds. The summed E-state index contributed by atoms with van der Waals surface area (Å²) in [6, 6.07) is 13.0. The van der Waals surface area contributed by atoms with Gasteiger partial charge in [0.05, 0.1) is 12.5 Å². The number of ether oxygens (including phenoxy) is 3. The number of carboxylic acid groups (broad SMARTS) is 1. The van der Waals surface area contributed by atoms with Gasteiger partial charge in [0.25, 0.3) is 0 Å². The van der Waals surface area contributed by atoms with Gasteiger partial charge in [-0.1, -0.05) is 20.8 Å². The molecule has 0 bridgehead atoms. The maximum absolute atomic E-state index is 13.0. The molecule has 0 aliphatic heterocycles. The quantitative estimate of drug-likeness (QED) is 0.396. The minimum absolute atomic E-state index is 0.00272. The van der Waals surface area contributed by atoms with Crippen LogP contribution in [0.2, 0.25) is 0 Å². The van der Waals surface area contributed by atoms with Gasteiger partial charge in [0.15, 0.2) is 0 Å². The van der Waals surface area contributed by atoms with Gasteiger partial charge in [-0.15, -0.1) is 0 Å². The van der Waals surface area contributed by atoms with Gasteiger partial charge < -0.3 is 32.9 Å². The Balaban J connectivity index is 1.58. The van der Waals surface area contributed by atoms with Crippen molar-refractivity contribution in [1.29, 1.82) is 0 Å². The number of benzene rings is 2. The van der Waals surface area contributed by atoms with Crippen LogP contribution in [0.3, 0.4) is 0 Å². The highest BCUT2D eigenvalue weighted by Gasteiger charge is 2.21. The monoisotopic (exact) mass is 463 g/mol. The number of carbonyl (C=O) groups is 1. The number of furan rings is 1. The molecule has 0 spiro atoms. The van der Waals surface area contributed by atoms with Crippen LogP contribution in [0, 0.1) is 0 Å². The summed E-state index contributed by atoms with van der Waals surface area (Å²) in [4.78, 5) is 23.8. The minimum Gasteiger partial charge on any atom is -0.542 e. The van der Waals surface area contributed by atoms with Gasteiger partial charge in [0.1, 0.15) is 53.2 Å². The summed E-state index contributed by atoms with van der Waals surface area (Å²) in [6.45, 7) is 6.13. The smallest absolute Gasteiger partial charge is 0.235 e. The lowest BCUT2D eigenvalue weighted by molar-refractivity contribution is -0.257. The predicted molar refractivity (Wildman–Crippen MR) is 122 cm³/mol. The number of aromatic carboxylic acids is 1. The molecule has 2 heterocycles. The van der Waals surface area contributed by atoms with Crippen molar-refractivity contribution in [2.24, 2.45) is 0 Å². The van der Waals surface area contributed by atoms with E-state index >= 15 is 0 Å². The number of methoxy groups -OCH3 is 1. The third kappa shape index (κ3) is 4.76. The second-order valence-corrected chi connectivity index (χ2v) is 8.64. The zero-order valence-electron chi connectivity index (χ0n) is 19.2. The van der Waals surface area contributed by atoms with Gasteiger partial charge in [-0.2, -0.15) is 0 Å². The molecule has 0 saturated heterocycles. The Kier molecular flexibility index (Phi) is 6.06. The molecule has 2 aromatic heterocycles. The van der Waals surface area contributed by atoms with Gasteiger partial charge >= 0.3 is 0 Å². The molecule has 8 nitrogen and oxygen atoms in total. The Morgan fingerprint density at radius 1 is 1.00 bits per heavy atom.